The number of H-pyrrole nitrogens is 1. The topological polar surface area (TPSA) is 136 Å². The quantitative estimate of drug-likeness (QED) is 0.382. The predicted molar refractivity (Wildman–Crippen MR) is 119 cm³/mol. The molecule has 0 spiro atoms. The summed E-state index contributed by atoms with van der Waals surface area (Å²) >= 11 is 0.695. The van der Waals surface area contributed by atoms with Crippen molar-refractivity contribution < 1.29 is 31.8 Å². The molecule has 2 aromatic heterocycles. The van der Waals surface area contributed by atoms with Crippen LogP contribution in [0.3, 0.4) is 0 Å². The number of methoxy groups -OCH3 is 1. The maximum Gasteiger partial charge on any atom is 0.346 e. The van der Waals surface area contributed by atoms with Crippen LogP contribution in [0.15, 0.2) is 56.3 Å². The summed E-state index contributed by atoms with van der Waals surface area (Å²) in [6.45, 7) is 0. The molecule has 4 aromatic rings. The van der Waals surface area contributed by atoms with Crippen molar-refractivity contribution in [2.45, 2.75) is 10.6 Å². The van der Waals surface area contributed by atoms with Crippen LogP contribution >= 0.6 is 11.3 Å². The number of fused-ring (bicyclic) bond motifs is 1. The van der Waals surface area contributed by atoms with Crippen LogP contribution in [0.25, 0.3) is 16.6 Å². The normalized spacial score (nSPS) is 11.6. The molecular weight excluding hydrogens is 494 g/mol. The fraction of sp³-hybridized carbons (Fsp3) is 0.0952. The molecule has 9 nitrogen and oxygen atoms in total. The van der Waals surface area contributed by atoms with Gasteiger partial charge in [0.15, 0.2) is 9.84 Å². The maximum absolute atomic E-state index is 14.7. The molecule has 0 radical (unpaired) electrons. The summed E-state index contributed by atoms with van der Waals surface area (Å²) < 4.78 is 60.3. The Labute approximate surface area is 193 Å². The molecule has 0 aliphatic carbocycles. The van der Waals surface area contributed by atoms with Crippen LogP contribution in [-0.2, 0) is 15.6 Å². The smallest absolute Gasteiger partial charge is 0.346 e. The van der Waals surface area contributed by atoms with Crippen LogP contribution in [0.4, 0.5) is 8.78 Å². The van der Waals surface area contributed by atoms with Gasteiger partial charge in [0.05, 0.1) is 34.3 Å². The molecule has 0 unspecified atom stereocenters. The molecule has 0 amide bonds. The Hall–Kier alpha value is -3.84. The van der Waals surface area contributed by atoms with Crippen LogP contribution in [0.2, 0.25) is 0 Å². The SMILES string of the molecule is COc1cccc(F)c1CS(=O)(=O)c1ccc(F)c(-n2c(=O)[nH]c3csc(C(=O)O)c3c2=O)c1. The minimum absolute atomic E-state index is 0.0114. The highest BCUT2D eigenvalue weighted by atomic mass is 32.2. The number of carboxylic acids is 1. The van der Waals surface area contributed by atoms with E-state index in [1.165, 1.54) is 24.6 Å². The molecule has 0 saturated heterocycles. The largest absolute Gasteiger partial charge is 0.496 e. The van der Waals surface area contributed by atoms with E-state index in [2.05, 4.69) is 4.98 Å². The lowest BCUT2D eigenvalue weighted by atomic mass is 10.2. The van der Waals surface area contributed by atoms with Gasteiger partial charge in [-0.3, -0.25) is 4.79 Å². The lowest BCUT2D eigenvalue weighted by molar-refractivity contribution is 0.0704. The van der Waals surface area contributed by atoms with Gasteiger partial charge >= 0.3 is 11.7 Å². The highest BCUT2D eigenvalue weighted by molar-refractivity contribution is 7.90. The molecule has 2 heterocycles. The Balaban J connectivity index is 1.90. The van der Waals surface area contributed by atoms with E-state index in [1.807, 2.05) is 0 Å². The average molecular weight is 508 g/mol. The molecule has 0 aliphatic heterocycles. The molecule has 0 aliphatic rings. The van der Waals surface area contributed by atoms with Gasteiger partial charge in [-0.05, 0) is 30.3 Å². The van der Waals surface area contributed by atoms with E-state index in [1.54, 1.807) is 0 Å². The fourth-order valence-electron chi connectivity index (χ4n) is 3.41. The number of aromatic nitrogens is 2. The van der Waals surface area contributed by atoms with Crippen LogP contribution in [-0.4, -0.2) is 36.2 Å². The van der Waals surface area contributed by atoms with Gasteiger partial charge in [0.2, 0.25) is 0 Å². The zero-order valence-corrected chi connectivity index (χ0v) is 18.8. The number of aromatic amines is 1. The van der Waals surface area contributed by atoms with Gasteiger partial charge in [0, 0.05) is 10.9 Å². The van der Waals surface area contributed by atoms with Crippen molar-refractivity contribution in [2.75, 3.05) is 7.11 Å². The standard InChI is InChI=1S/C21H14F2N2O7S2/c1-32-16-4-2-3-12(22)11(16)9-34(30,31)10-5-6-13(23)15(7-10)25-19(26)17-14(24-21(25)29)8-33-18(17)20(27)28/h2-8H,9H2,1H3,(H,24,29)(H,27,28). The second-order valence-electron chi connectivity index (χ2n) is 7.02. The number of sulfone groups is 1. The monoisotopic (exact) mass is 508 g/mol. The Morgan fingerprint density at radius 2 is 1.91 bits per heavy atom. The lowest BCUT2D eigenvalue weighted by Crippen LogP contribution is -2.34. The Bertz CT molecular complexity index is 1690. The van der Waals surface area contributed by atoms with Gasteiger partial charge in [-0.15, -0.1) is 11.3 Å². The number of aromatic carboxylic acids is 1. The molecule has 2 N–H and O–H groups in total. The zero-order chi connectivity index (χ0) is 24.8. The minimum Gasteiger partial charge on any atom is -0.496 e. The van der Waals surface area contributed by atoms with Crippen LogP contribution in [0.5, 0.6) is 5.75 Å². The number of ether oxygens (including phenoxy) is 1. The van der Waals surface area contributed by atoms with Crippen molar-refractivity contribution in [3.8, 4) is 11.4 Å². The summed E-state index contributed by atoms with van der Waals surface area (Å²) in [5, 5.41) is 10.2. The summed E-state index contributed by atoms with van der Waals surface area (Å²) in [6.07, 6.45) is 0. The van der Waals surface area contributed by atoms with E-state index in [9.17, 15) is 36.7 Å². The summed E-state index contributed by atoms with van der Waals surface area (Å²) in [6, 6.07) is 6.17. The third-order valence-electron chi connectivity index (χ3n) is 4.99. The maximum atomic E-state index is 14.7. The first-order valence-electron chi connectivity index (χ1n) is 9.39. The molecule has 0 saturated carbocycles. The number of rotatable bonds is 6. The van der Waals surface area contributed by atoms with E-state index in [4.69, 9.17) is 4.74 Å². The number of nitrogens with zero attached hydrogens (tertiary/aromatic N) is 1. The molecule has 4 rings (SSSR count). The third-order valence-corrected chi connectivity index (χ3v) is 7.60. The van der Waals surface area contributed by atoms with Gasteiger partial charge in [-0.2, -0.15) is 0 Å². The molecule has 0 fully saturated rings. The number of hydrogen-bond acceptors (Lipinski definition) is 7. The number of nitrogens with one attached hydrogen (secondary N) is 1. The van der Waals surface area contributed by atoms with Crippen molar-refractivity contribution in [1.82, 2.24) is 9.55 Å². The van der Waals surface area contributed by atoms with E-state index in [0.717, 1.165) is 24.3 Å². The Morgan fingerprint density at radius 3 is 2.59 bits per heavy atom. The third kappa shape index (κ3) is 3.88. The number of carbonyl (C=O) groups is 1. The van der Waals surface area contributed by atoms with Crippen molar-refractivity contribution >= 4 is 38.0 Å². The van der Waals surface area contributed by atoms with Gasteiger partial charge in [0.1, 0.15) is 22.3 Å². The van der Waals surface area contributed by atoms with Gasteiger partial charge < -0.3 is 14.8 Å². The van der Waals surface area contributed by atoms with Crippen LogP contribution in [0.1, 0.15) is 15.2 Å². The summed E-state index contributed by atoms with van der Waals surface area (Å²) in [4.78, 5) is 38.4. The molecular formula is C21H14F2N2O7S2. The molecule has 13 heteroatoms. The van der Waals surface area contributed by atoms with E-state index in [0.29, 0.717) is 15.9 Å². The highest BCUT2D eigenvalue weighted by Crippen LogP contribution is 2.28. The van der Waals surface area contributed by atoms with Crippen molar-refractivity contribution in [2.24, 2.45) is 0 Å². The lowest BCUT2D eigenvalue weighted by Gasteiger charge is -2.12. The number of benzene rings is 2. The Morgan fingerprint density at radius 1 is 1.18 bits per heavy atom. The number of thiophene rings is 1. The fourth-order valence-corrected chi connectivity index (χ4v) is 5.64. The number of hydrogen-bond donors (Lipinski definition) is 2. The zero-order valence-electron chi connectivity index (χ0n) is 17.2. The van der Waals surface area contributed by atoms with Gasteiger partial charge in [0.25, 0.3) is 5.56 Å². The average Bonchev–Trinajstić information content (AvgIpc) is 3.20. The predicted octanol–water partition coefficient (Wildman–Crippen LogP) is 2.70. The van der Waals surface area contributed by atoms with Crippen molar-refractivity contribution in [1.29, 1.82) is 0 Å². The van der Waals surface area contributed by atoms with Crippen molar-refractivity contribution in [3.63, 3.8) is 0 Å². The second-order valence-corrected chi connectivity index (χ2v) is 9.89. The van der Waals surface area contributed by atoms with Gasteiger partial charge in [-0.1, -0.05) is 6.07 Å². The minimum atomic E-state index is -4.30. The number of halogens is 2. The number of carboxylic acid groups (broad SMARTS) is 1. The van der Waals surface area contributed by atoms with Crippen molar-refractivity contribution in [3.05, 3.63) is 84.7 Å². The van der Waals surface area contributed by atoms with Gasteiger partial charge in [-0.25, -0.2) is 31.4 Å². The summed E-state index contributed by atoms with van der Waals surface area (Å²) in [5.74, 6) is -4.22. The van der Waals surface area contributed by atoms with E-state index < -0.39 is 55.0 Å². The van der Waals surface area contributed by atoms with Crippen LogP contribution in [0, 0.1) is 11.6 Å². The summed E-state index contributed by atoms with van der Waals surface area (Å²) in [5.41, 5.74) is -3.25. The molecule has 2 aromatic carbocycles. The first-order chi connectivity index (χ1) is 16.0. The van der Waals surface area contributed by atoms with E-state index >= 15 is 0 Å². The van der Waals surface area contributed by atoms with Crippen LogP contribution < -0.4 is 16.0 Å². The Kier molecular flexibility index (Phi) is 5.83. The first kappa shape index (κ1) is 23.3. The first-order valence-corrected chi connectivity index (χ1v) is 11.9. The summed E-state index contributed by atoms with van der Waals surface area (Å²) in [7, 11) is -3.06. The highest BCUT2D eigenvalue weighted by Gasteiger charge is 2.25. The second kappa shape index (κ2) is 8.50. The molecule has 0 bridgehead atoms. The molecule has 0 atom stereocenters. The molecule has 176 valence electrons. The van der Waals surface area contributed by atoms with E-state index in [-0.39, 0.29) is 27.1 Å². The molecule has 34 heavy (non-hydrogen) atoms.